The first-order valence-electron chi connectivity index (χ1n) is 8.01. The molecule has 0 saturated carbocycles. The van der Waals surface area contributed by atoms with E-state index < -0.39 is 10.0 Å². The molecule has 2 fully saturated rings. The lowest BCUT2D eigenvalue weighted by Crippen LogP contribution is -2.52. The van der Waals surface area contributed by atoms with E-state index in [4.69, 9.17) is 0 Å². The number of sulfonamides is 1. The van der Waals surface area contributed by atoms with Gasteiger partial charge in [-0.2, -0.15) is 4.31 Å². The molecule has 1 aromatic rings. The summed E-state index contributed by atoms with van der Waals surface area (Å²) >= 11 is 0. The summed E-state index contributed by atoms with van der Waals surface area (Å²) in [6.07, 6.45) is 2.81. The highest BCUT2D eigenvalue weighted by atomic mass is 32.2. The molecule has 0 radical (unpaired) electrons. The molecule has 8 heteroatoms. The molecule has 0 aromatic carbocycles. The van der Waals surface area contributed by atoms with Crippen LogP contribution in [0.25, 0.3) is 0 Å². The lowest BCUT2D eigenvalue weighted by molar-refractivity contribution is 0.145. The number of aromatic nitrogens is 2. The minimum atomic E-state index is -3.46. The Hall–Kier alpha value is -0.960. The highest BCUT2D eigenvalue weighted by Crippen LogP contribution is 2.19. The van der Waals surface area contributed by atoms with Crippen LogP contribution in [0.15, 0.2) is 11.2 Å². The number of hydrogen-bond donors (Lipinski definition) is 1. The molecule has 124 valence electrons. The number of hydrogen-bond acceptors (Lipinski definition) is 5. The number of nitrogens with zero attached hydrogens (tertiary/aromatic N) is 4. The predicted octanol–water partition coefficient (Wildman–Crippen LogP) is -0.120. The highest BCUT2D eigenvalue weighted by molar-refractivity contribution is 7.89. The van der Waals surface area contributed by atoms with Gasteiger partial charge in [0.1, 0.15) is 5.82 Å². The first-order chi connectivity index (χ1) is 10.5. The van der Waals surface area contributed by atoms with Gasteiger partial charge in [-0.25, -0.2) is 13.4 Å². The first kappa shape index (κ1) is 15.9. The molecule has 2 aliphatic rings. The van der Waals surface area contributed by atoms with Crippen molar-refractivity contribution in [2.75, 3.05) is 39.3 Å². The second kappa shape index (κ2) is 6.27. The van der Waals surface area contributed by atoms with E-state index in [1.165, 1.54) is 0 Å². The SMILES string of the molecule is CCn1cc(S(=O)(=O)N2CCN(C3CCNC3)CC2)nc1C. The lowest BCUT2D eigenvalue weighted by atomic mass is 10.2. The predicted molar refractivity (Wildman–Crippen MR) is 84.2 cm³/mol. The third kappa shape index (κ3) is 2.92. The average molecular weight is 327 g/mol. The molecule has 1 atom stereocenters. The van der Waals surface area contributed by atoms with Crippen molar-refractivity contribution in [2.45, 2.75) is 37.9 Å². The van der Waals surface area contributed by atoms with Gasteiger partial charge in [0, 0.05) is 51.5 Å². The van der Waals surface area contributed by atoms with E-state index in [0.29, 0.717) is 19.1 Å². The molecule has 1 N–H and O–H groups in total. The summed E-state index contributed by atoms with van der Waals surface area (Å²) in [5.41, 5.74) is 0. The maximum absolute atomic E-state index is 12.7. The van der Waals surface area contributed by atoms with Crippen molar-refractivity contribution in [3.05, 3.63) is 12.0 Å². The number of piperazine rings is 1. The van der Waals surface area contributed by atoms with Crippen LogP contribution in [0.4, 0.5) is 0 Å². The standard InChI is InChI=1S/C14H25N5O2S/c1-3-17-11-14(16-12(17)2)22(20,21)19-8-6-18(7-9-19)13-4-5-15-10-13/h11,13,15H,3-10H2,1-2H3. The van der Waals surface area contributed by atoms with Gasteiger partial charge < -0.3 is 9.88 Å². The van der Waals surface area contributed by atoms with E-state index in [1.807, 2.05) is 18.4 Å². The molecule has 3 heterocycles. The van der Waals surface area contributed by atoms with Crippen molar-refractivity contribution in [1.82, 2.24) is 24.1 Å². The van der Waals surface area contributed by atoms with Crippen molar-refractivity contribution in [3.63, 3.8) is 0 Å². The fourth-order valence-electron chi connectivity index (χ4n) is 3.32. The molecule has 0 amide bonds. The Morgan fingerprint density at radius 1 is 1.32 bits per heavy atom. The zero-order valence-electron chi connectivity index (χ0n) is 13.3. The van der Waals surface area contributed by atoms with Gasteiger partial charge in [0.15, 0.2) is 5.03 Å². The van der Waals surface area contributed by atoms with Crippen molar-refractivity contribution in [2.24, 2.45) is 0 Å². The summed E-state index contributed by atoms with van der Waals surface area (Å²) in [6, 6.07) is 0.561. The zero-order chi connectivity index (χ0) is 15.7. The molecule has 2 saturated heterocycles. The van der Waals surface area contributed by atoms with Crippen molar-refractivity contribution >= 4 is 10.0 Å². The van der Waals surface area contributed by atoms with Crippen LogP contribution >= 0.6 is 0 Å². The quantitative estimate of drug-likeness (QED) is 0.835. The van der Waals surface area contributed by atoms with E-state index in [9.17, 15) is 8.42 Å². The molecule has 0 spiro atoms. The highest BCUT2D eigenvalue weighted by Gasteiger charge is 2.33. The number of imidazole rings is 1. The summed E-state index contributed by atoms with van der Waals surface area (Å²) in [6.45, 7) is 9.36. The van der Waals surface area contributed by atoms with Gasteiger partial charge in [-0.1, -0.05) is 0 Å². The molecule has 22 heavy (non-hydrogen) atoms. The molecular weight excluding hydrogens is 302 g/mol. The third-order valence-electron chi connectivity index (χ3n) is 4.72. The van der Waals surface area contributed by atoms with Crippen LogP contribution in [0, 0.1) is 6.92 Å². The Balaban J connectivity index is 1.68. The maximum Gasteiger partial charge on any atom is 0.262 e. The van der Waals surface area contributed by atoms with Gasteiger partial charge in [-0.3, -0.25) is 4.90 Å². The van der Waals surface area contributed by atoms with Crippen LogP contribution in [-0.4, -0.2) is 72.5 Å². The lowest BCUT2D eigenvalue weighted by Gasteiger charge is -2.36. The van der Waals surface area contributed by atoms with Crippen molar-refractivity contribution in [3.8, 4) is 0 Å². The van der Waals surface area contributed by atoms with E-state index in [1.54, 1.807) is 10.5 Å². The summed E-state index contributed by atoms with van der Waals surface area (Å²) < 4.78 is 28.9. The first-order valence-corrected chi connectivity index (χ1v) is 9.45. The molecule has 1 unspecified atom stereocenters. The number of nitrogens with one attached hydrogen (secondary N) is 1. The van der Waals surface area contributed by atoms with Crippen LogP contribution in [0.1, 0.15) is 19.2 Å². The normalized spacial score (nSPS) is 24.9. The van der Waals surface area contributed by atoms with Crippen LogP contribution in [0.5, 0.6) is 0 Å². The van der Waals surface area contributed by atoms with Gasteiger partial charge >= 0.3 is 0 Å². The molecule has 1 aromatic heterocycles. The Kier molecular flexibility index (Phi) is 4.54. The average Bonchev–Trinajstić information content (AvgIpc) is 3.17. The minimum absolute atomic E-state index is 0.183. The van der Waals surface area contributed by atoms with Gasteiger partial charge in [-0.15, -0.1) is 0 Å². The molecule has 0 aliphatic carbocycles. The summed E-state index contributed by atoms with van der Waals surface area (Å²) in [5.74, 6) is 0.747. The Morgan fingerprint density at radius 3 is 2.59 bits per heavy atom. The second-order valence-electron chi connectivity index (χ2n) is 6.00. The monoisotopic (exact) mass is 327 g/mol. The summed E-state index contributed by atoms with van der Waals surface area (Å²) in [5, 5.41) is 3.55. The smallest absolute Gasteiger partial charge is 0.262 e. The fraction of sp³-hybridized carbons (Fsp3) is 0.786. The molecule has 7 nitrogen and oxygen atoms in total. The second-order valence-corrected chi connectivity index (χ2v) is 7.88. The Morgan fingerprint density at radius 2 is 2.05 bits per heavy atom. The molecule has 3 rings (SSSR count). The van der Waals surface area contributed by atoms with Gasteiger partial charge in [0.25, 0.3) is 10.0 Å². The van der Waals surface area contributed by atoms with Gasteiger partial charge in [0.05, 0.1) is 0 Å². The van der Waals surface area contributed by atoms with Gasteiger partial charge in [0.2, 0.25) is 0 Å². The van der Waals surface area contributed by atoms with E-state index in [2.05, 4.69) is 15.2 Å². The zero-order valence-corrected chi connectivity index (χ0v) is 14.1. The van der Waals surface area contributed by atoms with Gasteiger partial charge in [-0.05, 0) is 26.8 Å². The summed E-state index contributed by atoms with van der Waals surface area (Å²) in [4.78, 5) is 6.64. The molecule has 0 bridgehead atoms. The third-order valence-corrected chi connectivity index (χ3v) is 6.49. The van der Waals surface area contributed by atoms with Crippen molar-refractivity contribution in [1.29, 1.82) is 0 Å². The maximum atomic E-state index is 12.7. The number of rotatable bonds is 4. The summed E-state index contributed by atoms with van der Waals surface area (Å²) in [7, 11) is -3.46. The molecule has 2 aliphatic heterocycles. The van der Waals surface area contributed by atoms with E-state index in [-0.39, 0.29) is 5.03 Å². The van der Waals surface area contributed by atoms with Crippen molar-refractivity contribution < 1.29 is 8.42 Å². The largest absolute Gasteiger partial charge is 0.334 e. The topological polar surface area (TPSA) is 70.5 Å². The van der Waals surface area contributed by atoms with E-state index in [0.717, 1.165) is 45.0 Å². The molecular formula is C14H25N5O2S. The van der Waals surface area contributed by atoms with Crippen LogP contribution < -0.4 is 5.32 Å². The van der Waals surface area contributed by atoms with Crippen LogP contribution in [-0.2, 0) is 16.6 Å². The van der Waals surface area contributed by atoms with E-state index >= 15 is 0 Å². The number of aryl methyl sites for hydroxylation is 2. The minimum Gasteiger partial charge on any atom is -0.334 e. The van der Waals surface area contributed by atoms with Crippen LogP contribution in [0.3, 0.4) is 0 Å². The Bertz CT molecular complexity index is 613. The van der Waals surface area contributed by atoms with Crippen LogP contribution in [0.2, 0.25) is 0 Å². The Labute approximate surface area is 132 Å². The fourth-order valence-corrected chi connectivity index (χ4v) is 4.73.